The van der Waals surface area contributed by atoms with Crippen LogP contribution in [0.3, 0.4) is 0 Å². The molecule has 107 heavy (non-hydrogen) atoms. The van der Waals surface area contributed by atoms with Gasteiger partial charge in [-0.25, -0.2) is 4.79 Å². The van der Waals surface area contributed by atoms with E-state index in [-0.39, 0.29) is 99.6 Å². The number of carbonyl (C=O) groups excluding carboxylic acids is 12. The highest BCUT2D eigenvalue weighted by Gasteiger charge is 2.49. The number of benzene rings is 2. The second kappa shape index (κ2) is 43.7. The van der Waals surface area contributed by atoms with Crippen LogP contribution in [0.2, 0.25) is 0 Å². The van der Waals surface area contributed by atoms with Crippen molar-refractivity contribution in [2.75, 3.05) is 66.4 Å². The zero-order chi connectivity index (χ0) is 79.5. The zero-order valence-corrected chi connectivity index (χ0v) is 64.8. The van der Waals surface area contributed by atoms with E-state index in [4.69, 9.17) is 19.9 Å². The molecule has 0 aromatic heterocycles. The number of primary amides is 1. The number of hydrogen-bond acceptors (Lipinski definition) is 19. The summed E-state index contributed by atoms with van der Waals surface area (Å²) in [6.45, 7) is 19.0. The fourth-order valence-corrected chi connectivity index (χ4v) is 14.5. The number of ether oxygens (including phenoxy) is 3. The molecule has 3 heterocycles. The number of methoxy groups -OCH3 is 2. The molecular weight excluding hydrogens is 1380 g/mol. The lowest BCUT2D eigenvalue weighted by Gasteiger charge is -2.40. The molecule has 0 saturated carbocycles. The minimum Gasteiger partial charge on any atom is -0.388 e. The van der Waals surface area contributed by atoms with E-state index in [1.807, 2.05) is 97.8 Å². The highest BCUT2D eigenvalue weighted by molar-refractivity contribution is 6.12. The van der Waals surface area contributed by atoms with Crippen LogP contribution in [-0.2, 0) is 79.8 Å². The van der Waals surface area contributed by atoms with Gasteiger partial charge >= 0.3 is 6.03 Å². The number of hydrogen-bond donors (Lipinski definition) is 12. The highest BCUT2D eigenvalue weighted by Crippen LogP contribution is 2.35. The van der Waals surface area contributed by atoms with Crippen molar-refractivity contribution in [1.82, 2.24) is 51.9 Å². The molecule has 0 spiro atoms. The molecule has 30 nitrogen and oxygen atoms in total. The third kappa shape index (κ3) is 26.3. The van der Waals surface area contributed by atoms with Gasteiger partial charge in [0.1, 0.15) is 42.5 Å². The molecule has 3 aliphatic heterocycles. The van der Waals surface area contributed by atoms with Crippen LogP contribution in [0.25, 0.3) is 0 Å². The number of imide groups is 1. The summed E-state index contributed by atoms with van der Waals surface area (Å²) in [6, 6.07) is 9.77. The van der Waals surface area contributed by atoms with Crippen LogP contribution in [0.1, 0.15) is 145 Å². The molecule has 0 aliphatic carbocycles. The average molecular weight is 1500 g/mol. The van der Waals surface area contributed by atoms with Crippen LogP contribution in [0.15, 0.2) is 66.7 Å². The number of nitrogens with two attached hydrogens (primary N) is 1. The molecule has 2 aromatic carbocycles. The monoisotopic (exact) mass is 1500 g/mol. The molecule has 0 radical (unpaired) electrons. The van der Waals surface area contributed by atoms with E-state index in [9.17, 15) is 72.9 Å². The normalized spacial score (nSPS) is 21.1. The van der Waals surface area contributed by atoms with E-state index >= 15 is 0 Å². The summed E-state index contributed by atoms with van der Waals surface area (Å²) in [7, 11) is 6.72. The molecular formula is C77H120N12O18. The average Bonchev–Trinajstić information content (AvgIpc) is 1.77. The van der Waals surface area contributed by atoms with Crippen LogP contribution >= 0.6 is 0 Å². The number of amides is 12. The maximum absolute atomic E-state index is 14.7. The smallest absolute Gasteiger partial charge is 0.312 e. The first-order valence-electron chi connectivity index (χ1n) is 37.7. The van der Waals surface area contributed by atoms with Gasteiger partial charge in [-0.15, -0.1) is 0 Å². The summed E-state index contributed by atoms with van der Waals surface area (Å²) < 4.78 is 18.0. The molecule has 12 amide bonds. The lowest BCUT2D eigenvalue weighted by Crippen LogP contribution is -2.65. The Morgan fingerprint density at radius 3 is 1.89 bits per heavy atom. The standard InChI is InChI=1S/C77H120N12O18/c1-15-46(8)61(47(9)65(94)62(43(2)3)85-75(102)64(45(6)7)87(11)12)55(105-13)41-60(93)88-39-23-27-54(88)69(106-14)48(10)71(98)84-53(40-50-24-18-16-19-25-50)72(99)79-37-35-49-29-31-51(32-30-49)82-73(100)52(26-22-36-80-77(78)104)83-74(101)63(44(4)5)86-76(103)70-68(97)67(96)66(95)56(107-70)42-81-57(90)28-20-17-21-38-89-58(91)33-34-59(89)92/h16,18-19,24-25,29-34,43-48,52-56,61-64,66-70,95-97H,15,17,20-23,26-28,35-42H2,1-14H3,(H,79,99)(H,81,90)(H,82,100)(H,83,101)(H,84,98)(H,85,102)(H,86,103)(H3,78,80,104)/t46?,47?,48?,52?,53-,54?,55?,56-,61?,62-,63+,64?,66?,67+,68?,69?,70-/m0/s1. The Bertz CT molecular complexity index is 3300. The second-order valence-corrected chi connectivity index (χ2v) is 29.8. The fourth-order valence-electron chi connectivity index (χ4n) is 14.5. The number of likely N-dealkylation sites (tertiary alicyclic amines) is 1. The predicted molar refractivity (Wildman–Crippen MR) is 400 cm³/mol. The van der Waals surface area contributed by atoms with E-state index in [0.29, 0.717) is 57.2 Å². The van der Waals surface area contributed by atoms with Crippen molar-refractivity contribution in [2.45, 2.75) is 225 Å². The number of anilines is 1. The number of ketones is 1. The number of carbonyl (C=O) groups is 12. The number of rotatable bonds is 44. The fraction of sp³-hybridized carbons (Fsp3) is 0.662. The maximum atomic E-state index is 14.7. The Hall–Kier alpha value is -8.26. The van der Waals surface area contributed by atoms with Gasteiger partial charge in [0, 0.05) is 83.5 Å². The van der Waals surface area contributed by atoms with Crippen molar-refractivity contribution >= 4 is 76.6 Å². The molecule has 0 bridgehead atoms. The van der Waals surface area contributed by atoms with Gasteiger partial charge in [0.25, 0.3) is 17.7 Å². The number of Topliss-reactive ketones (excluding diaryl/α,β-unsaturated/α-hetero) is 1. The Balaban J connectivity index is 1.19. The van der Waals surface area contributed by atoms with Gasteiger partial charge in [-0.3, -0.25) is 62.5 Å². The van der Waals surface area contributed by atoms with Crippen molar-refractivity contribution in [2.24, 2.45) is 47.2 Å². The number of aliphatic hydroxyl groups excluding tert-OH is 3. The summed E-state index contributed by atoms with van der Waals surface area (Å²) in [6.07, 6.45) is -3.97. The van der Waals surface area contributed by atoms with Crippen molar-refractivity contribution in [1.29, 1.82) is 0 Å². The van der Waals surface area contributed by atoms with Gasteiger partial charge in [0.2, 0.25) is 41.4 Å². The van der Waals surface area contributed by atoms with Gasteiger partial charge in [-0.2, -0.15) is 0 Å². The highest BCUT2D eigenvalue weighted by atomic mass is 16.5. The molecule has 596 valence electrons. The van der Waals surface area contributed by atoms with Crippen LogP contribution in [0.4, 0.5) is 10.5 Å². The van der Waals surface area contributed by atoms with E-state index in [2.05, 4.69) is 42.5 Å². The topological polar surface area (TPSA) is 425 Å². The molecule has 13 N–H and O–H groups in total. The van der Waals surface area contributed by atoms with Gasteiger partial charge in [0.15, 0.2) is 11.9 Å². The maximum Gasteiger partial charge on any atom is 0.312 e. The Morgan fingerprint density at radius 2 is 1.30 bits per heavy atom. The molecule has 2 fully saturated rings. The molecule has 17 atom stereocenters. The SMILES string of the molecule is CCC(C)C(C(CC(=O)N1CCCC1C(OC)C(C)C(=O)N[C@@H](Cc1ccccc1)C(=O)NCCc1ccc(NC(=O)C(CCCNC(N)=O)NC(=O)[C@H](NC(=O)[C@H]2O[C@@H](CNC(=O)CCCCCN3C(=O)C=CC3=O)C(O)[C@@H](O)C2O)C(C)C)cc1)OC)C(C)C(=O)[C@@H](NC(=O)C(C(C)C)N(C)C)C(C)C. The van der Waals surface area contributed by atoms with Gasteiger partial charge < -0.3 is 82.7 Å². The Kier molecular flexibility index (Phi) is 36.5. The summed E-state index contributed by atoms with van der Waals surface area (Å²) >= 11 is 0. The van der Waals surface area contributed by atoms with Crippen molar-refractivity contribution in [3.8, 4) is 0 Å². The molecule has 2 saturated heterocycles. The summed E-state index contributed by atoms with van der Waals surface area (Å²) in [5, 5.41) is 54.6. The van der Waals surface area contributed by atoms with E-state index in [0.717, 1.165) is 16.0 Å². The zero-order valence-electron chi connectivity index (χ0n) is 64.8. The first kappa shape index (κ1) is 89.4. The van der Waals surface area contributed by atoms with Gasteiger partial charge in [0.05, 0.1) is 42.7 Å². The van der Waals surface area contributed by atoms with Gasteiger partial charge in [-0.1, -0.05) is 125 Å². The number of nitrogens with one attached hydrogen (secondary N) is 8. The first-order chi connectivity index (χ1) is 50.6. The Morgan fingerprint density at radius 1 is 0.654 bits per heavy atom. The van der Waals surface area contributed by atoms with E-state index in [1.54, 1.807) is 57.0 Å². The van der Waals surface area contributed by atoms with Crippen LogP contribution in [0.5, 0.6) is 0 Å². The third-order valence-electron chi connectivity index (χ3n) is 20.7. The molecule has 11 unspecified atom stereocenters. The molecule has 30 heteroatoms. The predicted octanol–water partition coefficient (Wildman–Crippen LogP) is 2.18. The van der Waals surface area contributed by atoms with E-state index < -0.39 is 150 Å². The van der Waals surface area contributed by atoms with Crippen LogP contribution < -0.4 is 48.3 Å². The number of likely N-dealkylation sites (N-methyl/N-ethyl adjacent to an activating group) is 1. The van der Waals surface area contributed by atoms with Crippen molar-refractivity contribution < 1.29 is 87.1 Å². The van der Waals surface area contributed by atoms with Crippen molar-refractivity contribution in [3.63, 3.8) is 0 Å². The number of urea groups is 1. The van der Waals surface area contributed by atoms with Crippen LogP contribution in [0, 0.1) is 41.4 Å². The molecule has 3 aliphatic rings. The lowest BCUT2D eigenvalue weighted by molar-refractivity contribution is -0.219. The minimum atomic E-state index is -1.97. The largest absolute Gasteiger partial charge is 0.388 e. The van der Waals surface area contributed by atoms with Crippen molar-refractivity contribution in [3.05, 3.63) is 77.9 Å². The molecule has 5 rings (SSSR count). The number of nitrogens with zero attached hydrogens (tertiary/aromatic N) is 3. The summed E-state index contributed by atoms with van der Waals surface area (Å²) in [4.78, 5) is 166. The van der Waals surface area contributed by atoms with Gasteiger partial charge in [-0.05, 0) is 112 Å². The van der Waals surface area contributed by atoms with E-state index in [1.165, 1.54) is 19.3 Å². The summed E-state index contributed by atoms with van der Waals surface area (Å²) in [5.41, 5.74) is 7.16. The third-order valence-corrected chi connectivity index (χ3v) is 20.7. The quantitative estimate of drug-likeness (QED) is 0.0334. The Labute approximate surface area is 629 Å². The number of unbranched alkanes of at least 4 members (excludes halogenated alkanes) is 2. The summed E-state index contributed by atoms with van der Waals surface area (Å²) in [5.74, 6) is -7.97. The molecule has 2 aromatic rings. The minimum absolute atomic E-state index is 0.00276. The first-order valence-corrected chi connectivity index (χ1v) is 37.7. The van der Waals surface area contributed by atoms with Crippen LogP contribution in [-0.4, -0.2) is 241 Å². The number of aliphatic hydroxyl groups is 3. The lowest BCUT2D eigenvalue weighted by atomic mass is 9.73. The second-order valence-electron chi connectivity index (χ2n) is 29.8.